The summed E-state index contributed by atoms with van der Waals surface area (Å²) in [5.41, 5.74) is 1.39. The molecule has 1 amide bonds. The number of aliphatic carboxylic acids is 1. The Balaban J connectivity index is 2.52. The minimum atomic E-state index is -0.997. The third-order valence-corrected chi connectivity index (χ3v) is 2.16. The highest BCUT2D eigenvalue weighted by molar-refractivity contribution is 5.92. The lowest BCUT2D eigenvalue weighted by atomic mass is 10.2. The highest BCUT2D eigenvalue weighted by Gasteiger charge is 2.03. The van der Waals surface area contributed by atoms with E-state index in [9.17, 15) is 9.59 Å². The van der Waals surface area contributed by atoms with Crippen LogP contribution in [0.25, 0.3) is 6.08 Å². The first kappa shape index (κ1) is 14.9. The van der Waals surface area contributed by atoms with E-state index in [0.717, 1.165) is 11.6 Å². The van der Waals surface area contributed by atoms with Crippen LogP contribution < -0.4 is 5.32 Å². The molecule has 1 aromatic rings. The predicted octanol–water partition coefficient (Wildman–Crippen LogP) is 2.15. The van der Waals surface area contributed by atoms with Gasteiger partial charge in [-0.2, -0.15) is 0 Å². The molecule has 0 aliphatic rings. The molecule has 19 heavy (non-hydrogen) atoms. The van der Waals surface area contributed by atoms with Crippen molar-refractivity contribution in [3.8, 4) is 0 Å². The summed E-state index contributed by atoms with van der Waals surface area (Å²) < 4.78 is 5.18. The van der Waals surface area contributed by atoms with Crippen molar-refractivity contribution in [3.63, 3.8) is 0 Å². The summed E-state index contributed by atoms with van der Waals surface area (Å²) in [6.07, 6.45) is 2.55. The normalized spacial score (nSPS) is 10.9. The molecule has 1 aromatic carbocycles. The molecule has 0 saturated heterocycles. The van der Waals surface area contributed by atoms with Crippen molar-refractivity contribution >= 4 is 23.6 Å². The molecule has 0 bridgehead atoms. The molecule has 0 aliphatic heterocycles. The Bertz CT molecular complexity index is 463. The molecule has 0 heterocycles. The van der Waals surface area contributed by atoms with Crippen molar-refractivity contribution in [1.29, 1.82) is 0 Å². The summed E-state index contributed by atoms with van der Waals surface area (Å²) in [6, 6.07) is 6.85. The van der Waals surface area contributed by atoms with Gasteiger partial charge in [-0.25, -0.2) is 4.79 Å². The van der Waals surface area contributed by atoms with Crippen molar-refractivity contribution in [2.24, 2.45) is 0 Å². The predicted molar refractivity (Wildman–Crippen MR) is 72.8 cm³/mol. The van der Waals surface area contributed by atoms with Gasteiger partial charge in [-0.05, 0) is 37.6 Å². The second-order valence-electron chi connectivity index (χ2n) is 4.20. The fourth-order valence-electron chi connectivity index (χ4n) is 1.28. The first-order chi connectivity index (χ1) is 8.97. The van der Waals surface area contributed by atoms with E-state index in [1.54, 1.807) is 24.3 Å². The van der Waals surface area contributed by atoms with Crippen LogP contribution in [0.15, 0.2) is 30.3 Å². The summed E-state index contributed by atoms with van der Waals surface area (Å²) in [5, 5.41) is 11.2. The van der Waals surface area contributed by atoms with Gasteiger partial charge >= 0.3 is 5.97 Å². The molecule has 102 valence electrons. The summed E-state index contributed by atoms with van der Waals surface area (Å²) in [4.78, 5) is 21.8. The lowest BCUT2D eigenvalue weighted by Gasteiger charge is -2.08. The van der Waals surface area contributed by atoms with E-state index in [4.69, 9.17) is 9.84 Å². The van der Waals surface area contributed by atoms with Gasteiger partial charge in [-0.15, -0.1) is 0 Å². The van der Waals surface area contributed by atoms with Gasteiger partial charge < -0.3 is 15.2 Å². The van der Waals surface area contributed by atoms with Gasteiger partial charge in [-0.1, -0.05) is 12.1 Å². The largest absolute Gasteiger partial charge is 0.478 e. The molecular formula is C14H17NO4. The number of hydrogen-bond acceptors (Lipinski definition) is 3. The molecule has 0 aliphatic carbocycles. The molecule has 2 N–H and O–H groups in total. The molecule has 0 atom stereocenters. The van der Waals surface area contributed by atoms with Crippen LogP contribution >= 0.6 is 0 Å². The SMILES string of the molecule is CC(C)OCC(=O)Nc1ccc(C=CC(=O)O)cc1. The van der Waals surface area contributed by atoms with Crippen molar-refractivity contribution in [1.82, 2.24) is 0 Å². The molecular weight excluding hydrogens is 246 g/mol. The van der Waals surface area contributed by atoms with Gasteiger partial charge in [0.25, 0.3) is 0 Å². The summed E-state index contributed by atoms with van der Waals surface area (Å²) in [7, 11) is 0. The number of carboxylic acid groups (broad SMARTS) is 1. The van der Waals surface area contributed by atoms with E-state index in [0.29, 0.717) is 5.69 Å². The van der Waals surface area contributed by atoms with Crippen molar-refractivity contribution in [2.45, 2.75) is 20.0 Å². The lowest BCUT2D eigenvalue weighted by Crippen LogP contribution is -2.20. The highest BCUT2D eigenvalue weighted by Crippen LogP contribution is 2.10. The maximum absolute atomic E-state index is 11.5. The number of carboxylic acids is 1. The molecule has 0 aromatic heterocycles. The number of benzene rings is 1. The first-order valence-corrected chi connectivity index (χ1v) is 5.90. The average Bonchev–Trinajstić information content (AvgIpc) is 2.35. The maximum Gasteiger partial charge on any atom is 0.328 e. The minimum Gasteiger partial charge on any atom is -0.478 e. The third kappa shape index (κ3) is 6.38. The number of carbonyl (C=O) groups excluding carboxylic acids is 1. The standard InChI is InChI=1S/C14H17NO4/c1-10(2)19-9-13(16)15-12-6-3-11(4-7-12)5-8-14(17)18/h3-8,10H,9H2,1-2H3,(H,15,16)(H,17,18). The monoisotopic (exact) mass is 263 g/mol. The molecule has 5 nitrogen and oxygen atoms in total. The average molecular weight is 263 g/mol. The van der Waals surface area contributed by atoms with Crippen molar-refractivity contribution in [2.75, 3.05) is 11.9 Å². The number of rotatable bonds is 6. The number of carbonyl (C=O) groups is 2. The van der Waals surface area contributed by atoms with Crippen LogP contribution in [-0.2, 0) is 14.3 Å². The van der Waals surface area contributed by atoms with Crippen molar-refractivity contribution in [3.05, 3.63) is 35.9 Å². The van der Waals surface area contributed by atoms with Crippen LogP contribution in [0, 0.1) is 0 Å². The number of amides is 1. The fraction of sp³-hybridized carbons (Fsp3) is 0.286. The number of anilines is 1. The Morgan fingerprint density at radius 2 is 1.95 bits per heavy atom. The molecule has 0 radical (unpaired) electrons. The summed E-state index contributed by atoms with van der Waals surface area (Å²) >= 11 is 0. The number of hydrogen-bond donors (Lipinski definition) is 2. The van der Waals surface area contributed by atoms with E-state index in [2.05, 4.69) is 5.32 Å². The van der Waals surface area contributed by atoms with Crippen LogP contribution in [0.5, 0.6) is 0 Å². The summed E-state index contributed by atoms with van der Waals surface area (Å²) in [5.74, 6) is -1.22. The maximum atomic E-state index is 11.5. The molecule has 0 fully saturated rings. The minimum absolute atomic E-state index is 0.00859. The summed E-state index contributed by atoms with van der Waals surface area (Å²) in [6.45, 7) is 3.73. The van der Waals surface area contributed by atoms with Crippen LogP contribution in [0.3, 0.4) is 0 Å². The van der Waals surface area contributed by atoms with Gasteiger partial charge in [-0.3, -0.25) is 4.79 Å². The fourth-order valence-corrected chi connectivity index (χ4v) is 1.28. The molecule has 0 spiro atoms. The molecule has 5 heteroatoms. The first-order valence-electron chi connectivity index (χ1n) is 5.90. The highest BCUT2D eigenvalue weighted by atomic mass is 16.5. The Hall–Kier alpha value is -2.14. The lowest BCUT2D eigenvalue weighted by molar-refractivity contribution is -0.131. The third-order valence-electron chi connectivity index (χ3n) is 2.16. The zero-order valence-corrected chi connectivity index (χ0v) is 10.9. The Labute approximate surface area is 111 Å². The van der Waals surface area contributed by atoms with Gasteiger partial charge in [0.1, 0.15) is 6.61 Å². The van der Waals surface area contributed by atoms with E-state index in [1.807, 2.05) is 13.8 Å². The van der Waals surface area contributed by atoms with E-state index in [-0.39, 0.29) is 18.6 Å². The second kappa shape index (κ2) is 7.33. The van der Waals surface area contributed by atoms with Crippen LogP contribution in [0.1, 0.15) is 19.4 Å². The van der Waals surface area contributed by atoms with Crippen molar-refractivity contribution < 1.29 is 19.4 Å². The van der Waals surface area contributed by atoms with Crippen LogP contribution in [-0.4, -0.2) is 29.7 Å². The van der Waals surface area contributed by atoms with Gasteiger partial charge in [0, 0.05) is 11.8 Å². The zero-order valence-electron chi connectivity index (χ0n) is 10.9. The van der Waals surface area contributed by atoms with Gasteiger partial charge in [0.15, 0.2) is 0 Å². The smallest absolute Gasteiger partial charge is 0.328 e. The molecule has 0 unspecified atom stereocenters. The Kier molecular flexibility index (Phi) is 5.75. The quantitative estimate of drug-likeness (QED) is 0.771. The zero-order chi connectivity index (χ0) is 14.3. The van der Waals surface area contributed by atoms with E-state index in [1.165, 1.54) is 6.08 Å². The van der Waals surface area contributed by atoms with E-state index < -0.39 is 5.97 Å². The topological polar surface area (TPSA) is 75.6 Å². The van der Waals surface area contributed by atoms with Gasteiger partial charge in [0.2, 0.25) is 5.91 Å². The number of nitrogens with one attached hydrogen (secondary N) is 1. The van der Waals surface area contributed by atoms with Crippen LogP contribution in [0.4, 0.5) is 5.69 Å². The Morgan fingerprint density at radius 3 is 2.47 bits per heavy atom. The van der Waals surface area contributed by atoms with Crippen LogP contribution in [0.2, 0.25) is 0 Å². The molecule has 1 rings (SSSR count). The number of ether oxygens (including phenoxy) is 1. The van der Waals surface area contributed by atoms with E-state index >= 15 is 0 Å². The molecule has 0 saturated carbocycles. The second-order valence-corrected chi connectivity index (χ2v) is 4.20. The Morgan fingerprint density at radius 1 is 1.32 bits per heavy atom. The van der Waals surface area contributed by atoms with Gasteiger partial charge in [0.05, 0.1) is 6.10 Å².